The summed E-state index contributed by atoms with van der Waals surface area (Å²) >= 11 is 0. The first kappa shape index (κ1) is 109. The molecule has 0 aromatic rings. The molecule has 0 spiro atoms. The zero-order valence-electron chi connectivity index (χ0n) is 71.5. The first-order valence-electron chi connectivity index (χ1n) is 42.4. The largest absolute Gasteiger partial charge is 0.479 e. The van der Waals surface area contributed by atoms with Gasteiger partial charge in [0.05, 0.1) is 65.1 Å². The van der Waals surface area contributed by atoms with Crippen molar-refractivity contribution in [2.24, 2.45) is 0 Å². The van der Waals surface area contributed by atoms with Crippen LogP contribution in [0.5, 0.6) is 0 Å². The highest BCUT2D eigenvalue weighted by atomic mass is 16.8. The van der Waals surface area contributed by atoms with Gasteiger partial charge in [0.2, 0.25) is 23.6 Å². The van der Waals surface area contributed by atoms with Gasteiger partial charge in [-0.25, -0.2) is 4.79 Å². The number of hydrogen-bond acceptors (Lipinski definition) is 54. The maximum Gasteiger partial charge on any atom is 0.335 e. The molecule has 0 bridgehead atoms. The van der Waals surface area contributed by atoms with Crippen molar-refractivity contribution in [3.05, 3.63) is 0 Å². The molecule has 0 aromatic heterocycles. The van der Waals surface area contributed by atoms with Crippen molar-refractivity contribution in [2.45, 2.75) is 379 Å². The Morgan fingerprint density at radius 3 is 1.02 bits per heavy atom. The van der Waals surface area contributed by atoms with Gasteiger partial charge in [0, 0.05) is 27.7 Å². The number of aliphatic carboxylic acids is 1. The highest BCUT2D eigenvalue weighted by Gasteiger charge is 2.63. The minimum atomic E-state index is -2.62. The number of ether oxygens (including phenoxy) is 21. The molecule has 33 N–H and O–H groups in total. The molecule has 0 unspecified atom stereocenters. The van der Waals surface area contributed by atoms with Gasteiger partial charge in [-0.1, -0.05) is 0 Å². The zero-order chi connectivity index (χ0) is 98.0. The fourth-order valence-corrected chi connectivity index (χ4v) is 17.2. The molecule has 768 valence electrons. The van der Waals surface area contributed by atoms with Gasteiger partial charge >= 0.3 is 5.97 Å². The summed E-state index contributed by atoms with van der Waals surface area (Å²) in [4.78, 5) is 65.0. The van der Waals surface area contributed by atoms with Crippen LogP contribution < -0.4 is 21.3 Å². The average molecular weight is 1950 g/mol. The number of rotatable bonds is 33. The molecule has 4 amide bonds. The van der Waals surface area contributed by atoms with Crippen molar-refractivity contribution in [2.75, 3.05) is 52.9 Å². The number of carbonyl (C=O) groups excluding carboxylic acids is 4. The van der Waals surface area contributed by atoms with Gasteiger partial charge in [0.25, 0.3) is 0 Å². The molecule has 55 atom stereocenters. The first-order valence-corrected chi connectivity index (χ1v) is 42.4. The Morgan fingerprint density at radius 1 is 0.233 bits per heavy atom. The van der Waals surface area contributed by atoms with Gasteiger partial charge in [-0.05, 0) is 13.8 Å². The molecular formula is C74H122N4O55. The molecule has 11 fully saturated rings. The van der Waals surface area contributed by atoms with Crippen molar-refractivity contribution in [3.8, 4) is 0 Å². The number of nitrogens with one attached hydrogen (secondary N) is 4. The summed E-state index contributed by atoms with van der Waals surface area (Å²) in [6.07, 6.45) is -108. The monoisotopic (exact) mass is 1950 g/mol. The van der Waals surface area contributed by atoms with E-state index in [1.807, 2.05) is 0 Å². The number of carbonyl (C=O) groups is 5. The molecule has 0 saturated carbocycles. The van der Waals surface area contributed by atoms with E-state index in [2.05, 4.69) is 21.3 Å². The van der Waals surface area contributed by atoms with Crippen LogP contribution in [-0.2, 0) is 123 Å². The molecule has 11 heterocycles. The van der Waals surface area contributed by atoms with E-state index in [9.17, 15) is 172 Å². The summed E-state index contributed by atoms with van der Waals surface area (Å²) in [6, 6.07) is -8.07. The third-order valence-electron chi connectivity index (χ3n) is 24.5. The summed E-state index contributed by atoms with van der Waals surface area (Å²) in [6.45, 7) is -3.05. The van der Waals surface area contributed by atoms with Gasteiger partial charge < -0.3 is 269 Å². The van der Waals surface area contributed by atoms with Crippen molar-refractivity contribution in [1.29, 1.82) is 0 Å². The number of aliphatic hydroxyl groups excluding tert-OH is 28. The van der Waals surface area contributed by atoms with Gasteiger partial charge in [0.1, 0.15) is 250 Å². The number of aliphatic hydroxyl groups is 28. The standard InChI is InChI=1S/C74H122N4O55/c1-15-33(89)42(98)48(104)68(115-15)114-14-28-56(58(31(64(112)117-28)77-19(5)87)129-70-50(106)43(99)34(90)16(2)116-70)127-65-29(75-17(3)85)41(97)55(26(12-84)122-65)126-73-53(109)60(39(95)27(124-73)13-113-69-49(105)44(100)35(91)21(7-79)119-69)131-74-62(46(102)36(92)22(8-80)121-74)133-66-30(76-18(4)86)40(96)54(25(11-83)123-66)125-67-32(78-20(6)88)57(37(93)23(9-81)118-67)128-72-52(108)59(38(94)24(10-82)120-72)130-71-51(107)45(101)47(103)61(132-71)63(110)111/h15-16,21-62,64-74,79-84,89-109,112H,7-14H2,1-6H3,(H,75,85)(H,76,86)(H,77,87)(H,78,88)(H,110,111)/t15-,16-,21+,22+,23+,24+,25+,26+,27+,28+,29+,30+,31+,32+,33+,34+,35+,36+,37-,38-,39+,40+,41+,42+,43+,44-,45-,46-,47-,48-,49-,50-,51+,52+,53-,54+,55+,56+,57+,58+,59-,60-,61-,62-,64+,65-,66-,67-,68+,69-,70-,71+,72-,73-,74+/m0/s1. The van der Waals surface area contributed by atoms with E-state index < -0.39 is 420 Å². The Kier molecular flexibility index (Phi) is 38.3. The minimum absolute atomic E-state index is 0.876. The Morgan fingerprint density at radius 2 is 0.534 bits per heavy atom. The second-order valence-electron chi connectivity index (χ2n) is 33.8. The normalized spacial score (nSPS) is 50.0. The van der Waals surface area contributed by atoms with E-state index in [4.69, 9.17) is 99.5 Å². The van der Waals surface area contributed by atoms with Crippen LogP contribution in [0.3, 0.4) is 0 Å². The van der Waals surface area contributed by atoms with Crippen molar-refractivity contribution in [1.82, 2.24) is 21.3 Å². The van der Waals surface area contributed by atoms with E-state index in [0.717, 1.165) is 27.7 Å². The lowest BCUT2D eigenvalue weighted by atomic mass is 9.93. The van der Waals surface area contributed by atoms with Crippen LogP contribution in [0.15, 0.2) is 0 Å². The Balaban J connectivity index is 0.888. The van der Waals surface area contributed by atoms with E-state index in [1.165, 1.54) is 13.8 Å². The van der Waals surface area contributed by atoms with Crippen LogP contribution >= 0.6 is 0 Å². The van der Waals surface area contributed by atoms with Crippen LogP contribution in [-0.4, -0.2) is 568 Å². The Labute approximate surface area is 752 Å². The van der Waals surface area contributed by atoms with Crippen molar-refractivity contribution < 1.29 is 272 Å². The lowest BCUT2D eigenvalue weighted by Crippen LogP contribution is -2.72. The second-order valence-corrected chi connectivity index (χ2v) is 33.8. The van der Waals surface area contributed by atoms with E-state index in [0.29, 0.717) is 0 Å². The van der Waals surface area contributed by atoms with E-state index >= 15 is 0 Å². The molecule has 133 heavy (non-hydrogen) atoms. The molecule has 59 nitrogen and oxygen atoms in total. The third kappa shape index (κ3) is 23.9. The van der Waals surface area contributed by atoms with Crippen LogP contribution in [0, 0.1) is 0 Å². The molecule has 11 aliphatic rings. The maximum absolute atomic E-state index is 13.5. The highest BCUT2D eigenvalue weighted by molar-refractivity contribution is 5.75. The summed E-state index contributed by atoms with van der Waals surface area (Å²) in [5.41, 5.74) is 0. The molecule has 0 radical (unpaired) electrons. The predicted molar refractivity (Wildman–Crippen MR) is 406 cm³/mol. The molecule has 59 heteroatoms. The molecule has 0 aliphatic carbocycles. The Bertz CT molecular complexity index is 3700. The van der Waals surface area contributed by atoms with Crippen LogP contribution in [0.1, 0.15) is 41.5 Å². The van der Waals surface area contributed by atoms with Crippen molar-refractivity contribution in [3.63, 3.8) is 0 Å². The summed E-state index contributed by atoms with van der Waals surface area (Å²) in [5.74, 6) is -5.87. The topological polar surface area (TPSA) is 914 Å². The number of amides is 4. The van der Waals surface area contributed by atoms with Gasteiger partial charge in [0.15, 0.2) is 75.3 Å². The lowest BCUT2D eigenvalue weighted by Gasteiger charge is -2.52. The van der Waals surface area contributed by atoms with Crippen LogP contribution in [0.4, 0.5) is 0 Å². The Hall–Kier alpha value is -4.61. The molecular weight excluding hydrogens is 1820 g/mol. The van der Waals surface area contributed by atoms with Gasteiger partial charge in [-0.2, -0.15) is 0 Å². The highest BCUT2D eigenvalue weighted by Crippen LogP contribution is 2.42. The minimum Gasteiger partial charge on any atom is -0.479 e. The second kappa shape index (κ2) is 46.9. The zero-order valence-corrected chi connectivity index (χ0v) is 71.5. The smallest absolute Gasteiger partial charge is 0.335 e. The quantitative estimate of drug-likeness (QED) is 0.0290. The molecule has 11 saturated heterocycles. The number of hydrogen-bond donors (Lipinski definition) is 33. The molecule has 11 rings (SSSR count). The summed E-state index contributed by atoms with van der Waals surface area (Å²) < 4.78 is 125. The summed E-state index contributed by atoms with van der Waals surface area (Å²) in [5, 5.41) is 334. The number of carboxylic acid groups (broad SMARTS) is 1. The first-order chi connectivity index (χ1) is 62.7. The van der Waals surface area contributed by atoms with E-state index in [-0.39, 0.29) is 0 Å². The average Bonchev–Trinajstić information content (AvgIpc) is 0.761. The SMILES string of the molecule is CC(=O)N[C@@H]1[C@@H](O[C@@H]2O[C@@H](C)[C@@H](O)[C@@H](O)[C@@H]2O)[C@H](O[C@@H]2O[C@H](CO)[C@@H](O[C@@H]3O[C@H](CO[C@H]4O[C@H](CO)[C@@H](O)[C@H](O)[C@@H]4O)[C@@H](O)[C@H](O[C@H]4O[C@H](CO)[C@@H](O)[C@H](O)[C@@H]4O[C@@H]4O[C@H](CO)[C@@H](O[C@@H]5O[C@H](CO)[C@H](O)[C@H](O[C@@H]6O[C@H](CO)[C@H](O)[C@H](O[C@@H]7O[C@H](C(=O)O)[C@@H](O)[C@H](O)[C@H]7O)[C@H]6O)[C@H]5NC(C)=O)[C@H](O)[C@H]4NC(C)=O)[C@@H]3O)[C@H](O)[C@H]2NC(C)=O)[C@@H](CO[C@@H]2O[C@@H](C)[C@@H](O)[C@@H](O)[C@@H]2O)O[C@H]1O. The third-order valence-corrected chi connectivity index (χ3v) is 24.5. The fourth-order valence-electron chi connectivity index (χ4n) is 17.2. The van der Waals surface area contributed by atoms with Crippen molar-refractivity contribution >= 4 is 29.6 Å². The van der Waals surface area contributed by atoms with Crippen LogP contribution in [0.25, 0.3) is 0 Å². The van der Waals surface area contributed by atoms with Crippen LogP contribution in [0.2, 0.25) is 0 Å². The van der Waals surface area contributed by atoms with Gasteiger partial charge in [-0.3, -0.25) is 19.2 Å². The lowest BCUT2D eigenvalue weighted by molar-refractivity contribution is -0.398. The number of carboxylic acids is 1. The fraction of sp³-hybridized carbons (Fsp3) is 0.932. The maximum atomic E-state index is 13.5. The summed E-state index contributed by atoms with van der Waals surface area (Å²) in [7, 11) is 0. The van der Waals surface area contributed by atoms with E-state index in [1.54, 1.807) is 0 Å². The predicted octanol–water partition coefficient (Wildman–Crippen LogP) is -22.3. The molecule has 11 aliphatic heterocycles. The molecule has 0 aromatic carbocycles. The van der Waals surface area contributed by atoms with Gasteiger partial charge in [-0.15, -0.1) is 0 Å².